The molecule has 3 rings (SSSR count). The Morgan fingerprint density at radius 2 is 2.03 bits per heavy atom. The zero-order valence-electron chi connectivity index (χ0n) is 16.4. The zero-order valence-corrected chi connectivity index (χ0v) is 17.9. The summed E-state index contributed by atoms with van der Waals surface area (Å²) in [6.45, 7) is 6.56. The van der Waals surface area contributed by atoms with Gasteiger partial charge < -0.3 is 11.1 Å². The van der Waals surface area contributed by atoms with Crippen molar-refractivity contribution >= 4 is 45.4 Å². The van der Waals surface area contributed by atoms with E-state index in [4.69, 9.17) is 17.3 Å². The molecule has 7 nitrogen and oxygen atoms in total. The van der Waals surface area contributed by atoms with Crippen molar-refractivity contribution < 1.29 is 14.5 Å². The smallest absolute Gasteiger partial charge is 0.282 e. The van der Waals surface area contributed by atoms with Crippen molar-refractivity contribution in [2.75, 3.05) is 5.32 Å². The van der Waals surface area contributed by atoms with E-state index in [0.717, 1.165) is 23.3 Å². The number of rotatable bonds is 4. The highest BCUT2D eigenvalue weighted by molar-refractivity contribution is 7.17. The fourth-order valence-corrected chi connectivity index (χ4v) is 5.19. The number of thiophene rings is 1. The molecule has 2 aromatic rings. The van der Waals surface area contributed by atoms with Crippen molar-refractivity contribution in [3.8, 4) is 0 Å². The summed E-state index contributed by atoms with van der Waals surface area (Å²) in [5.74, 6) is -0.868. The number of benzene rings is 1. The Balaban J connectivity index is 1.98. The third-order valence-corrected chi connectivity index (χ3v) is 6.77. The molecule has 1 aromatic heterocycles. The summed E-state index contributed by atoms with van der Waals surface area (Å²) in [4.78, 5) is 36.6. The number of anilines is 1. The number of carbonyl (C=O) groups is 2. The first kappa shape index (κ1) is 21.3. The highest BCUT2D eigenvalue weighted by Crippen LogP contribution is 2.44. The van der Waals surface area contributed by atoms with Crippen LogP contribution in [-0.4, -0.2) is 16.7 Å². The lowest BCUT2D eigenvalue weighted by molar-refractivity contribution is -0.385. The molecule has 1 aliphatic carbocycles. The molecule has 0 aliphatic heterocycles. The number of fused-ring (bicyclic) bond motifs is 1. The topological polar surface area (TPSA) is 115 Å². The van der Waals surface area contributed by atoms with Gasteiger partial charge in [0.2, 0.25) is 0 Å². The minimum atomic E-state index is -0.701. The number of nitrogens with one attached hydrogen (secondary N) is 1. The van der Waals surface area contributed by atoms with Gasteiger partial charge in [-0.2, -0.15) is 0 Å². The quantitative estimate of drug-likeness (QED) is 0.529. The lowest BCUT2D eigenvalue weighted by Crippen LogP contribution is -2.27. The summed E-state index contributed by atoms with van der Waals surface area (Å²) in [5.41, 5.74) is 6.38. The van der Waals surface area contributed by atoms with Gasteiger partial charge in [0, 0.05) is 16.0 Å². The molecule has 0 fully saturated rings. The Bertz CT molecular complexity index is 1010. The van der Waals surface area contributed by atoms with Gasteiger partial charge in [0.25, 0.3) is 17.5 Å². The Kier molecular flexibility index (Phi) is 5.69. The highest BCUT2D eigenvalue weighted by Gasteiger charge is 2.34. The van der Waals surface area contributed by atoms with Gasteiger partial charge in [-0.1, -0.05) is 32.4 Å². The van der Waals surface area contributed by atoms with Crippen LogP contribution in [0, 0.1) is 21.4 Å². The molecule has 1 atom stereocenters. The van der Waals surface area contributed by atoms with E-state index in [1.54, 1.807) is 0 Å². The predicted molar refractivity (Wildman–Crippen MR) is 114 cm³/mol. The van der Waals surface area contributed by atoms with E-state index in [0.29, 0.717) is 22.9 Å². The summed E-state index contributed by atoms with van der Waals surface area (Å²) in [6.07, 6.45) is 2.44. The van der Waals surface area contributed by atoms with E-state index in [1.807, 2.05) is 0 Å². The number of carbonyl (C=O) groups excluding carboxylic acids is 2. The number of halogens is 1. The van der Waals surface area contributed by atoms with E-state index in [-0.39, 0.29) is 21.7 Å². The van der Waals surface area contributed by atoms with Gasteiger partial charge >= 0.3 is 0 Å². The monoisotopic (exact) mass is 435 g/mol. The summed E-state index contributed by atoms with van der Waals surface area (Å²) in [5, 5.41) is 14.5. The second kappa shape index (κ2) is 7.76. The SMILES string of the molecule is CC(C)(C)C1CCc2c(sc(NC(=O)c3cc(Cl)ccc3[N+](=O)[O-])c2C(N)=O)C1. The molecule has 1 heterocycles. The van der Waals surface area contributed by atoms with E-state index in [1.165, 1.54) is 29.5 Å². The third-order valence-electron chi connectivity index (χ3n) is 5.36. The fourth-order valence-electron chi connectivity index (χ4n) is 3.69. The van der Waals surface area contributed by atoms with Crippen LogP contribution in [0.3, 0.4) is 0 Å². The molecular weight excluding hydrogens is 414 g/mol. The van der Waals surface area contributed by atoms with Crippen LogP contribution in [0.1, 0.15) is 58.3 Å². The van der Waals surface area contributed by atoms with Crippen molar-refractivity contribution in [3.63, 3.8) is 0 Å². The average molecular weight is 436 g/mol. The molecule has 154 valence electrons. The Hall–Kier alpha value is -2.45. The van der Waals surface area contributed by atoms with Gasteiger partial charge in [-0.05, 0) is 48.3 Å². The van der Waals surface area contributed by atoms with Crippen LogP contribution in [0.25, 0.3) is 0 Å². The molecule has 1 unspecified atom stereocenters. The van der Waals surface area contributed by atoms with E-state index >= 15 is 0 Å². The van der Waals surface area contributed by atoms with Gasteiger partial charge in [-0.15, -0.1) is 11.3 Å². The number of nitro groups is 1. The van der Waals surface area contributed by atoms with Crippen LogP contribution in [0.15, 0.2) is 18.2 Å². The van der Waals surface area contributed by atoms with Crippen molar-refractivity contribution in [2.45, 2.75) is 40.0 Å². The molecule has 0 radical (unpaired) electrons. The van der Waals surface area contributed by atoms with Crippen LogP contribution in [0.4, 0.5) is 10.7 Å². The van der Waals surface area contributed by atoms with Crippen molar-refractivity contribution in [1.29, 1.82) is 0 Å². The van der Waals surface area contributed by atoms with Gasteiger partial charge in [0.15, 0.2) is 0 Å². The van der Waals surface area contributed by atoms with Gasteiger partial charge in [-0.25, -0.2) is 0 Å². The van der Waals surface area contributed by atoms with Crippen LogP contribution in [-0.2, 0) is 12.8 Å². The molecule has 0 saturated carbocycles. The summed E-state index contributed by atoms with van der Waals surface area (Å²) >= 11 is 7.23. The number of hydrogen-bond donors (Lipinski definition) is 2. The van der Waals surface area contributed by atoms with Crippen LogP contribution in [0.2, 0.25) is 5.02 Å². The van der Waals surface area contributed by atoms with Crippen molar-refractivity contribution in [1.82, 2.24) is 0 Å². The molecule has 3 N–H and O–H groups in total. The fraction of sp³-hybridized carbons (Fsp3) is 0.400. The molecule has 0 spiro atoms. The second-order valence-corrected chi connectivity index (χ2v) is 9.79. The molecule has 0 bridgehead atoms. The Labute approximate surface area is 177 Å². The van der Waals surface area contributed by atoms with E-state index < -0.39 is 16.7 Å². The number of nitrogens with zero attached hydrogens (tertiary/aromatic N) is 1. The number of primary amides is 1. The zero-order chi connectivity index (χ0) is 21.5. The van der Waals surface area contributed by atoms with Crippen LogP contribution >= 0.6 is 22.9 Å². The predicted octanol–water partition coefficient (Wildman–Crippen LogP) is 4.81. The minimum Gasteiger partial charge on any atom is -0.365 e. The second-order valence-electron chi connectivity index (χ2n) is 8.25. The first-order valence-corrected chi connectivity index (χ1v) is 10.4. The number of amides is 2. The largest absolute Gasteiger partial charge is 0.365 e. The van der Waals surface area contributed by atoms with Crippen molar-refractivity contribution in [3.05, 3.63) is 54.9 Å². The maximum atomic E-state index is 12.8. The molecule has 2 amide bonds. The molecule has 9 heteroatoms. The number of hydrogen-bond acceptors (Lipinski definition) is 5. The molecule has 1 aromatic carbocycles. The van der Waals surface area contributed by atoms with Crippen LogP contribution < -0.4 is 11.1 Å². The highest BCUT2D eigenvalue weighted by atomic mass is 35.5. The number of nitro benzene ring substituents is 1. The molecule has 0 saturated heterocycles. The molecular formula is C20H22ClN3O4S. The summed E-state index contributed by atoms with van der Waals surface area (Å²) in [7, 11) is 0. The van der Waals surface area contributed by atoms with Gasteiger partial charge in [-0.3, -0.25) is 19.7 Å². The average Bonchev–Trinajstić information content (AvgIpc) is 2.97. The number of nitrogens with two attached hydrogens (primary N) is 1. The third kappa shape index (κ3) is 4.28. The molecule has 1 aliphatic rings. The summed E-state index contributed by atoms with van der Waals surface area (Å²) in [6, 6.07) is 3.77. The Morgan fingerprint density at radius 3 is 2.62 bits per heavy atom. The van der Waals surface area contributed by atoms with E-state index in [9.17, 15) is 19.7 Å². The Morgan fingerprint density at radius 1 is 1.34 bits per heavy atom. The minimum absolute atomic E-state index is 0.124. The normalized spacial score (nSPS) is 16.2. The van der Waals surface area contributed by atoms with Gasteiger partial charge in [0.1, 0.15) is 10.6 Å². The maximum absolute atomic E-state index is 12.8. The first-order chi connectivity index (χ1) is 13.5. The lowest BCUT2D eigenvalue weighted by Gasteiger charge is -2.33. The van der Waals surface area contributed by atoms with E-state index in [2.05, 4.69) is 26.1 Å². The standard InChI is InChI=1S/C20H22ClN3O4S/c1-20(2,3)10-4-6-12-15(8-10)29-19(16(12)17(22)25)23-18(26)13-9-11(21)5-7-14(13)24(27)28/h5,7,9-10H,4,6,8H2,1-3H3,(H2,22,25)(H,23,26). The first-order valence-electron chi connectivity index (χ1n) is 9.18. The maximum Gasteiger partial charge on any atom is 0.282 e. The molecule has 29 heavy (non-hydrogen) atoms. The van der Waals surface area contributed by atoms with Gasteiger partial charge in [0.05, 0.1) is 10.5 Å². The van der Waals surface area contributed by atoms with Crippen molar-refractivity contribution in [2.24, 2.45) is 17.1 Å². The summed E-state index contributed by atoms with van der Waals surface area (Å²) < 4.78 is 0. The van der Waals surface area contributed by atoms with Crippen LogP contribution in [0.5, 0.6) is 0 Å². The lowest BCUT2D eigenvalue weighted by atomic mass is 9.72.